The molecule has 0 atom stereocenters. The van der Waals surface area contributed by atoms with E-state index in [1.165, 1.54) is 0 Å². The van der Waals surface area contributed by atoms with Gasteiger partial charge in [0.05, 0.1) is 15.7 Å². The number of fused-ring (bicyclic) bond motifs is 1. The minimum absolute atomic E-state index is 0.523. The molecule has 0 aliphatic rings. The minimum atomic E-state index is 0.523. The fourth-order valence-electron chi connectivity index (χ4n) is 2.74. The summed E-state index contributed by atoms with van der Waals surface area (Å²) in [5.41, 5.74) is 2.88. The summed E-state index contributed by atoms with van der Waals surface area (Å²) in [7, 11) is 0. The Balaban J connectivity index is 1.50. The largest absolute Gasteiger partial charge is 0.369 e. The van der Waals surface area contributed by atoms with E-state index in [2.05, 4.69) is 46.5 Å². The molecule has 7 heteroatoms. The number of aromatic nitrogens is 4. The number of hydrogen-bond acceptors (Lipinski definition) is 6. The van der Waals surface area contributed by atoms with E-state index in [-0.39, 0.29) is 0 Å². The molecule has 0 amide bonds. The molecule has 0 radical (unpaired) electrons. The lowest BCUT2D eigenvalue weighted by atomic mass is 10.2. The van der Waals surface area contributed by atoms with E-state index in [9.17, 15) is 0 Å². The molecule has 1 aromatic carbocycles. The molecule has 4 rings (SSSR count). The zero-order valence-electron chi connectivity index (χ0n) is 14.4. The first kappa shape index (κ1) is 17.4. The molecule has 0 fully saturated rings. The third-order valence-corrected chi connectivity index (χ3v) is 4.62. The second-order valence-corrected chi connectivity index (χ2v) is 6.74. The summed E-state index contributed by atoms with van der Waals surface area (Å²) in [5, 5.41) is 7.65. The lowest BCUT2D eigenvalue weighted by molar-refractivity contribution is 0.950. The third-order valence-electron chi connectivity index (χ3n) is 4.04. The SMILES string of the molecule is Brc1cnc(Nc2cccc3ncccc23)nc1NCCc1ccccn1. The van der Waals surface area contributed by atoms with E-state index >= 15 is 0 Å². The zero-order chi connectivity index (χ0) is 18.5. The fourth-order valence-corrected chi connectivity index (χ4v) is 3.07. The van der Waals surface area contributed by atoms with E-state index in [0.29, 0.717) is 5.95 Å². The highest BCUT2D eigenvalue weighted by Crippen LogP contribution is 2.26. The average molecular weight is 421 g/mol. The van der Waals surface area contributed by atoms with Crippen LogP contribution in [0.15, 0.2) is 71.6 Å². The Morgan fingerprint density at radius 1 is 0.889 bits per heavy atom. The van der Waals surface area contributed by atoms with E-state index in [1.807, 2.05) is 48.5 Å². The van der Waals surface area contributed by atoms with Gasteiger partial charge in [0.15, 0.2) is 0 Å². The van der Waals surface area contributed by atoms with Crippen LogP contribution in [0.5, 0.6) is 0 Å². The maximum atomic E-state index is 4.58. The van der Waals surface area contributed by atoms with Gasteiger partial charge >= 0.3 is 0 Å². The first-order valence-electron chi connectivity index (χ1n) is 8.57. The molecular weight excluding hydrogens is 404 g/mol. The van der Waals surface area contributed by atoms with Crippen molar-refractivity contribution in [3.05, 3.63) is 77.3 Å². The van der Waals surface area contributed by atoms with Crippen LogP contribution < -0.4 is 10.6 Å². The van der Waals surface area contributed by atoms with Crippen molar-refractivity contribution in [1.29, 1.82) is 0 Å². The molecule has 0 bridgehead atoms. The van der Waals surface area contributed by atoms with Crippen molar-refractivity contribution in [2.24, 2.45) is 0 Å². The number of halogens is 1. The van der Waals surface area contributed by atoms with Crippen molar-refractivity contribution in [1.82, 2.24) is 19.9 Å². The molecule has 0 saturated heterocycles. The molecule has 134 valence electrons. The van der Waals surface area contributed by atoms with Crippen molar-refractivity contribution in [3.63, 3.8) is 0 Å². The average Bonchev–Trinajstić information content (AvgIpc) is 2.71. The van der Waals surface area contributed by atoms with Gasteiger partial charge in [-0.05, 0) is 52.3 Å². The monoisotopic (exact) mass is 420 g/mol. The molecule has 0 spiro atoms. The normalized spacial score (nSPS) is 10.7. The maximum absolute atomic E-state index is 4.58. The van der Waals surface area contributed by atoms with E-state index in [0.717, 1.165) is 45.5 Å². The molecule has 2 N–H and O–H groups in total. The van der Waals surface area contributed by atoms with Gasteiger partial charge in [-0.3, -0.25) is 9.97 Å². The number of nitrogens with zero attached hydrogens (tertiary/aromatic N) is 4. The van der Waals surface area contributed by atoms with Crippen molar-refractivity contribution in [2.45, 2.75) is 6.42 Å². The summed E-state index contributed by atoms with van der Waals surface area (Å²) in [6.45, 7) is 0.726. The van der Waals surface area contributed by atoms with Gasteiger partial charge in [0.1, 0.15) is 5.82 Å². The number of anilines is 3. The van der Waals surface area contributed by atoms with Crippen LogP contribution in [0.1, 0.15) is 5.69 Å². The molecule has 6 nitrogen and oxygen atoms in total. The third kappa shape index (κ3) is 4.20. The number of hydrogen-bond donors (Lipinski definition) is 2. The van der Waals surface area contributed by atoms with Gasteiger partial charge in [0.2, 0.25) is 5.95 Å². The Hall–Kier alpha value is -3.06. The molecule has 3 aromatic heterocycles. The molecule has 27 heavy (non-hydrogen) atoms. The Labute approximate surface area is 165 Å². The van der Waals surface area contributed by atoms with Crippen molar-refractivity contribution < 1.29 is 0 Å². The van der Waals surface area contributed by atoms with Crippen LogP contribution in [-0.2, 0) is 6.42 Å². The standard InChI is InChI=1S/C20H17BrN6/c21-16-13-25-20(26-18-8-3-7-17-15(18)6-4-11-23-17)27-19(16)24-12-9-14-5-1-2-10-22-14/h1-8,10-11,13H,9,12H2,(H2,24,25,26,27). The first-order chi connectivity index (χ1) is 13.3. The van der Waals surface area contributed by atoms with Crippen molar-refractivity contribution in [3.8, 4) is 0 Å². The summed E-state index contributed by atoms with van der Waals surface area (Å²) < 4.78 is 0.814. The molecule has 0 unspecified atom stereocenters. The van der Waals surface area contributed by atoms with E-state index in [1.54, 1.807) is 18.6 Å². The van der Waals surface area contributed by atoms with Crippen LogP contribution in [0.25, 0.3) is 10.9 Å². The second kappa shape index (κ2) is 8.09. The zero-order valence-corrected chi connectivity index (χ0v) is 16.0. The smallest absolute Gasteiger partial charge is 0.229 e. The van der Waals surface area contributed by atoms with Gasteiger partial charge < -0.3 is 10.6 Å². The van der Waals surface area contributed by atoms with Gasteiger partial charge in [0.25, 0.3) is 0 Å². The molecule has 0 saturated carbocycles. The van der Waals surface area contributed by atoms with Gasteiger partial charge in [0, 0.05) is 42.6 Å². The van der Waals surface area contributed by atoms with Crippen LogP contribution in [0.4, 0.5) is 17.5 Å². The lowest BCUT2D eigenvalue weighted by Crippen LogP contribution is -2.09. The van der Waals surface area contributed by atoms with Crippen LogP contribution in [0.2, 0.25) is 0 Å². The number of pyridine rings is 2. The summed E-state index contributed by atoms with van der Waals surface area (Å²) in [6.07, 6.45) is 6.14. The summed E-state index contributed by atoms with van der Waals surface area (Å²) in [4.78, 5) is 17.7. The minimum Gasteiger partial charge on any atom is -0.369 e. The quantitative estimate of drug-likeness (QED) is 0.475. The summed E-state index contributed by atoms with van der Waals surface area (Å²) in [6, 6.07) is 15.8. The topological polar surface area (TPSA) is 75.6 Å². The predicted octanol–water partition coefficient (Wildman–Crippen LogP) is 4.58. The molecule has 3 heterocycles. The number of benzene rings is 1. The Morgan fingerprint density at radius 3 is 2.70 bits per heavy atom. The highest BCUT2D eigenvalue weighted by atomic mass is 79.9. The highest BCUT2D eigenvalue weighted by Gasteiger charge is 2.07. The Kier molecular flexibility index (Phi) is 5.20. The van der Waals surface area contributed by atoms with Gasteiger partial charge in [-0.25, -0.2) is 4.98 Å². The lowest BCUT2D eigenvalue weighted by Gasteiger charge is -2.11. The van der Waals surface area contributed by atoms with Gasteiger partial charge in [-0.1, -0.05) is 12.1 Å². The highest BCUT2D eigenvalue weighted by molar-refractivity contribution is 9.10. The van der Waals surface area contributed by atoms with Gasteiger partial charge in [-0.2, -0.15) is 4.98 Å². The van der Waals surface area contributed by atoms with Crippen molar-refractivity contribution >= 4 is 44.3 Å². The Bertz CT molecular complexity index is 1050. The van der Waals surface area contributed by atoms with Crippen LogP contribution in [0, 0.1) is 0 Å². The molecular formula is C20H17BrN6. The maximum Gasteiger partial charge on any atom is 0.229 e. The molecule has 0 aliphatic heterocycles. The van der Waals surface area contributed by atoms with Crippen LogP contribution in [-0.4, -0.2) is 26.5 Å². The van der Waals surface area contributed by atoms with Crippen LogP contribution >= 0.6 is 15.9 Å². The Morgan fingerprint density at radius 2 is 1.81 bits per heavy atom. The van der Waals surface area contributed by atoms with E-state index < -0.39 is 0 Å². The fraction of sp³-hybridized carbons (Fsp3) is 0.100. The predicted molar refractivity (Wildman–Crippen MR) is 111 cm³/mol. The van der Waals surface area contributed by atoms with E-state index in [4.69, 9.17) is 0 Å². The van der Waals surface area contributed by atoms with Crippen LogP contribution in [0.3, 0.4) is 0 Å². The molecule has 0 aliphatic carbocycles. The number of nitrogens with one attached hydrogen (secondary N) is 2. The van der Waals surface area contributed by atoms with Crippen molar-refractivity contribution in [2.75, 3.05) is 17.2 Å². The summed E-state index contributed by atoms with van der Waals surface area (Å²) >= 11 is 3.50. The van der Waals surface area contributed by atoms with Gasteiger partial charge in [-0.15, -0.1) is 0 Å². The second-order valence-electron chi connectivity index (χ2n) is 5.89. The first-order valence-corrected chi connectivity index (χ1v) is 9.36. The number of rotatable bonds is 6. The summed E-state index contributed by atoms with van der Waals surface area (Å²) in [5.74, 6) is 1.26. The molecule has 4 aromatic rings.